The number of hydrogen-bond acceptors (Lipinski definition) is 2. The quantitative estimate of drug-likeness (QED) is 0.780. The van der Waals surface area contributed by atoms with E-state index in [0.29, 0.717) is 6.42 Å². The molecular formula is C15H25NO2. The van der Waals surface area contributed by atoms with Gasteiger partial charge >= 0.3 is 0 Å². The Bertz CT molecular complexity index is 322. The van der Waals surface area contributed by atoms with Gasteiger partial charge in [0.05, 0.1) is 6.10 Å². The molecule has 1 heterocycles. The highest BCUT2D eigenvalue weighted by Gasteiger charge is 2.29. The Hall–Kier alpha value is -0.830. The van der Waals surface area contributed by atoms with Crippen LogP contribution in [0.3, 0.4) is 0 Å². The molecule has 3 nitrogen and oxygen atoms in total. The van der Waals surface area contributed by atoms with E-state index < -0.39 is 0 Å². The van der Waals surface area contributed by atoms with Crippen LogP contribution in [0, 0.1) is 0 Å². The number of carbonyl (C=O) groups is 1. The Balaban J connectivity index is 1.89. The Morgan fingerprint density at radius 2 is 2.33 bits per heavy atom. The standard InChI is InChI=1S/C15H25NO2/c1-12(17)10-14-8-5-9-16(14)15(18)11-13-6-3-2-4-7-13/h6,12,14,17H,2-5,7-11H2,1H3/t12-,14+/m0/s1. The molecule has 0 spiro atoms. The van der Waals surface area contributed by atoms with Gasteiger partial charge in [-0.25, -0.2) is 0 Å². The fourth-order valence-electron chi connectivity index (χ4n) is 3.16. The number of carbonyl (C=O) groups excluding carboxylic acids is 1. The number of aliphatic hydroxyl groups excluding tert-OH is 1. The van der Waals surface area contributed by atoms with E-state index in [9.17, 15) is 9.90 Å². The summed E-state index contributed by atoms with van der Waals surface area (Å²) in [5.74, 6) is 0.270. The molecule has 1 N–H and O–H groups in total. The van der Waals surface area contributed by atoms with Crippen LogP contribution >= 0.6 is 0 Å². The Labute approximate surface area is 110 Å². The summed E-state index contributed by atoms with van der Waals surface area (Å²) in [4.78, 5) is 14.3. The number of hydrogen-bond donors (Lipinski definition) is 1. The molecule has 1 saturated heterocycles. The lowest BCUT2D eigenvalue weighted by molar-refractivity contribution is -0.131. The lowest BCUT2D eigenvalue weighted by Gasteiger charge is -2.26. The van der Waals surface area contributed by atoms with Crippen LogP contribution in [-0.4, -0.2) is 34.6 Å². The Morgan fingerprint density at radius 3 is 3.00 bits per heavy atom. The topological polar surface area (TPSA) is 40.5 Å². The Kier molecular flexibility index (Phi) is 4.81. The van der Waals surface area contributed by atoms with Crippen LogP contribution in [-0.2, 0) is 4.79 Å². The molecule has 0 bridgehead atoms. The van der Waals surface area contributed by atoms with Gasteiger partial charge in [-0.1, -0.05) is 11.6 Å². The maximum absolute atomic E-state index is 12.3. The van der Waals surface area contributed by atoms with Gasteiger partial charge in [-0.15, -0.1) is 0 Å². The predicted molar refractivity (Wildman–Crippen MR) is 72.2 cm³/mol. The minimum absolute atomic E-state index is 0.265. The van der Waals surface area contributed by atoms with E-state index in [1.165, 1.54) is 18.4 Å². The Morgan fingerprint density at radius 1 is 1.50 bits per heavy atom. The van der Waals surface area contributed by atoms with Gasteiger partial charge in [0.25, 0.3) is 0 Å². The first-order chi connectivity index (χ1) is 8.66. The van der Waals surface area contributed by atoms with Gasteiger partial charge < -0.3 is 10.0 Å². The van der Waals surface area contributed by atoms with Crippen molar-refractivity contribution >= 4 is 5.91 Å². The molecule has 0 aromatic heterocycles. The number of rotatable bonds is 4. The van der Waals surface area contributed by atoms with Crippen LogP contribution in [0.4, 0.5) is 0 Å². The molecule has 0 unspecified atom stereocenters. The fraction of sp³-hybridized carbons (Fsp3) is 0.800. The lowest BCUT2D eigenvalue weighted by atomic mass is 9.96. The summed E-state index contributed by atoms with van der Waals surface area (Å²) >= 11 is 0. The van der Waals surface area contributed by atoms with Crippen molar-refractivity contribution in [3.8, 4) is 0 Å². The summed E-state index contributed by atoms with van der Waals surface area (Å²) in [5, 5.41) is 9.48. The van der Waals surface area contributed by atoms with Crippen molar-refractivity contribution in [1.29, 1.82) is 0 Å². The second kappa shape index (κ2) is 6.37. The zero-order valence-electron chi connectivity index (χ0n) is 11.4. The van der Waals surface area contributed by atoms with Crippen molar-refractivity contribution in [2.45, 2.75) is 70.4 Å². The molecule has 0 aromatic carbocycles. The average molecular weight is 251 g/mol. The molecule has 1 fully saturated rings. The summed E-state index contributed by atoms with van der Waals surface area (Å²) in [5.41, 5.74) is 1.33. The summed E-state index contributed by atoms with van der Waals surface area (Å²) in [7, 11) is 0. The zero-order valence-corrected chi connectivity index (χ0v) is 11.4. The van der Waals surface area contributed by atoms with E-state index in [1.54, 1.807) is 0 Å². The normalized spacial score (nSPS) is 26.0. The summed E-state index contributed by atoms with van der Waals surface area (Å²) in [6, 6.07) is 0.265. The number of aliphatic hydroxyl groups is 1. The number of amides is 1. The van der Waals surface area contributed by atoms with Crippen molar-refractivity contribution in [3.05, 3.63) is 11.6 Å². The van der Waals surface area contributed by atoms with Crippen molar-refractivity contribution in [3.63, 3.8) is 0 Å². The van der Waals surface area contributed by atoms with Gasteiger partial charge in [-0.3, -0.25) is 4.79 Å². The van der Waals surface area contributed by atoms with E-state index in [0.717, 1.165) is 38.6 Å². The zero-order chi connectivity index (χ0) is 13.0. The molecule has 0 radical (unpaired) electrons. The van der Waals surface area contributed by atoms with Crippen LogP contribution in [0.1, 0.15) is 58.3 Å². The minimum atomic E-state index is -0.308. The van der Waals surface area contributed by atoms with Crippen LogP contribution in [0.25, 0.3) is 0 Å². The number of likely N-dealkylation sites (tertiary alicyclic amines) is 1. The molecule has 2 atom stereocenters. The van der Waals surface area contributed by atoms with Crippen molar-refractivity contribution < 1.29 is 9.90 Å². The van der Waals surface area contributed by atoms with Crippen molar-refractivity contribution in [2.75, 3.05) is 6.54 Å². The second-order valence-electron chi connectivity index (χ2n) is 5.75. The van der Waals surface area contributed by atoms with Crippen LogP contribution in [0.5, 0.6) is 0 Å². The molecule has 18 heavy (non-hydrogen) atoms. The molecule has 2 rings (SSSR count). The molecule has 1 aliphatic heterocycles. The van der Waals surface area contributed by atoms with Crippen LogP contribution < -0.4 is 0 Å². The third-order valence-electron chi connectivity index (χ3n) is 4.07. The smallest absolute Gasteiger partial charge is 0.226 e. The molecule has 0 aromatic rings. The molecule has 1 amide bonds. The molecule has 3 heteroatoms. The summed E-state index contributed by atoms with van der Waals surface area (Å²) in [6.07, 6.45) is 10.2. The van der Waals surface area contributed by atoms with E-state index in [4.69, 9.17) is 0 Å². The maximum Gasteiger partial charge on any atom is 0.226 e. The van der Waals surface area contributed by atoms with Gasteiger partial charge in [0.1, 0.15) is 0 Å². The number of nitrogens with zero attached hydrogens (tertiary/aromatic N) is 1. The lowest BCUT2D eigenvalue weighted by Crippen LogP contribution is -2.37. The fourth-order valence-corrected chi connectivity index (χ4v) is 3.16. The molecule has 102 valence electrons. The number of allylic oxidation sites excluding steroid dienone is 1. The van der Waals surface area contributed by atoms with Gasteiger partial charge in [0.2, 0.25) is 5.91 Å². The SMILES string of the molecule is C[C@H](O)C[C@H]1CCCN1C(=O)CC1=CCCCC1. The average Bonchev–Trinajstić information content (AvgIpc) is 2.77. The summed E-state index contributed by atoms with van der Waals surface area (Å²) < 4.78 is 0. The van der Waals surface area contributed by atoms with Gasteiger partial charge in [-0.05, 0) is 51.9 Å². The monoisotopic (exact) mass is 251 g/mol. The van der Waals surface area contributed by atoms with Crippen LogP contribution in [0.2, 0.25) is 0 Å². The molecule has 0 saturated carbocycles. The van der Waals surface area contributed by atoms with Gasteiger partial charge in [-0.2, -0.15) is 0 Å². The van der Waals surface area contributed by atoms with Crippen LogP contribution in [0.15, 0.2) is 11.6 Å². The van der Waals surface area contributed by atoms with Crippen molar-refractivity contribution in [1.82, 2.24) is 4.90 Å². The first kappa shape index (κ1) is 13.6. The van der Waals surface area contributed by atoms with E-state index in [1.807, 2.05) is 11.8 Å². The highest BCUT2D eigenvalue weighted by molar-refractivity contribution is 5.79. The van der Waals surface area contributed by atoms with E-state index in [2.05, 4.69) is 6.08 Å². The van der Waals surface area contributed by atoms with Gasteiger partial charge in [0, 0.05) is 19.0 Å². The molecule has 1 aliphatic carbocycles. The van der Waals surface area contributed by atoms with Gasteiger partial charge in [0.15, 0.2) is 0 Å². The van der Waals surface area contributed by atoms with E-state index in [-0.39, 0.29) is 18.1 Å². The molecular weight excluding hydrogens is 226 g/mol. The predicted octanol–water partition coefficient (Wildman–Crippen LogP) is 2.64. The minimum Gasteiger partial charge on any atom is -0.393 e. The largest absolute Gasteiger partial charge is 0.393 e. The highest BCUT2D eigenvalue weighted by atomic mass is 16.3. The third kappa shape index (κ3) is 3.58. The highest BCUT2D eigenvalue weighted by Crippen LogP contribution is 2.26. The first-order valence-electron chi connectivity index (χ1n) is 7.32. The second-order valence-corrected chi connectivity index (χ2v) is 5.75. The molecule has 2 aliphatic rings. The maximum atomic E-state index is 12.3. The first-order valence-corrected chi connectivity index (χ1v) is 7.32. The summed E-state index contributed by atoms with van der Waals surface area (Å²) in [6.45, 7) is 2.69. The van der Waals surface area contributed by atoms with E-state index >= 15 is 0 Å². The van der Waals surface area contributed by atoms with Crippen molar-refractivity contribution in [2.24, 2.45) is 0 Å². The third-order valence-corrected chi connectivity index (χ3v) is 4.07.